The van der Waals surface area contributed by atoms with Crippen molar-refractivity contribution in [3.8, 4) is 0 Å². The van der Waals surface area contributed by atoms with Gasteiger partial charge in [0.05, 0.1) is 11.4 Å². The van der Waals surface area contributed by atoms with Crippen LogP contribution in [-0.4, -0.2) is 24.8 Å². The Labute approximate surface area is 171 Å². The molecule has 6 nitrogen and oxygen atoms in total. The molecule has 0 saturated carbocycles. The molecule has 0 fully saturated rings. The van der Waals surface area contributed by atoms with Crippen LogP contribution in [0.3, 0.4) is 0 Å². The van der Waals surface area contributed by atoms with Crippen molar-refractivity contribution < 1.29 is 9.18 Å². The highest BCUT2D eigenvalue weighted by Crippen LogP contribution is 2.23. The van der Waals surface area contributed by atoms with Crippen LogP contribution in [0, 0.1) is 19.7 Å². The molecule has 1 N–H and O–H groups in total. The zero-order chi connectivity index (χ0) is 20.5. The van der Waals surface area contributed by atoms with E-state index in [0.29, 0.717) is 11.4 Å². The molecule has 3 aromatic heterocycles. The molecule has 148 valence electrons. The first-order valence-corrected chi connectivity index (χ1v) is 9.90. The van der Waals surface area contributed by atoms with E-state index >= 15 is 0 Å². The summed E-state index contributed by atoms with van der Waals surface area (Å²) in [4.78, 5) is 23.6. The fourth-order valence-electron chi connectivity index (χ4n) is 3.27. The number of carbonyl (C=O) groups is 1. The molecule has 4 aromatic rings. The van der Waals surface area contributed by atoms with Crippen molar-refractivity contribution in [3.63, 3.8) is 0 Å². The number of aryl methyl sites for hydroxylation is 3. The average Bonchev–Trinajstić information content (AvgIpc) is 3.32. The van der Waals surface area contributed by atoms with Gasteiger partial charge in [-0.15, -0.1) is 11.3 Å². The number of aromatic nitrogens is 4. The zero-order valence-corrected chi connectivity index (χ0v) is 17.1. The van der Waals surface area contributed by atoms with Gasteiger partial charge >= 0.3 is 0 Å². The molecule has 4 rings (SSSR count). The summed E-state index contributed by atoms with van der Waals surface area (Å²) in [5.74, 6) is -0.0473. The van der Waals surface area contributed by atoms with Crippen LogP contribution >= 0.6 is 11.3 Å². The minimum atomic E-state index is -0.571. The number of nitrogens with one attached hydrogen (secondary N) is 1. The molecule has 0 spiro atoms. The van der Waals surface area contributed by atoms with Gasteiger partial charge < -0.3 is 9.88 Å². The fraction of sp³-hybridized carbons (Fsp3) is 0.190. The second-order valence-corrected chi connectivity index (χ2v) is 8.02. The van der Waals surface area contributed by atoms with Crippen LogP contribution in [0.25, 0.3) is 11.0 Å². The van der Waals surface area contributed by atoms with Crippen LogP contribution in [0.2, 0.25) is 0 Å². The van der Waals surface area contributed by atoms with Crippen LogP contribution in [0.5, 0.6) is 0 Å². The van der Waals surface area contributed by atoms with Crippen molar-refractivity contribution in [2.75, 3.05) is 0 Å². The van der Waals surface area contributed by atoms with Gasteiger partial charge in [-0.1, -0.05) is 12.1 Å². The molecule has 0 saturated heterocycles. The van der Waals surface area contributed by atoms with E-state index in [4.69, 9.17) is 0 Å². The minimum Gasteiger partial charge on any atom is -0.339 e. The molecule has 8 heteroatoms. The molecule has 1 amide bonds. The number of fused-ring (bicyclic) bond motifs is 1. The number of amides is 1. The van der Waals surface area contributed by atoms with Crippen molar-refractivity contribution in [2.45, 2.75) is 19.9 Å². The van der Waals surface area contributed by atoms with E-state index < -0.39 is 6.04 Å². The minimum absolute atomic E-state index is 0.302. The lowest BCUT2D eigenvalue weighted by atomic mass is 10.1. The number of hydrogen-bond donors (Lipinski definition) is 1. The summed E-state index contributed by atoms with van der Waals surface area (Å²) < 4.78 is 17.6. The molecule has 3 heterocycles. The van der Waals surface area contributed by atoms with Gasteiger partial charge in [-0.25, -0.2) is 14.4 Å². The second-order valence-electron chi connectivity index (χ2n) is 6.80. The number of halogens is 1. The van der Waals surface area contributed by atoms with Crippen LogP contribution in [0.1, 0.15) is 33.7 Å². The van der Waals surface area contributed by atoms with E-state index in [1.807, 2.05) is 31.5 Å². The number of nitrogens with zero attached hydrogens (tertiary/aromatic N) is 4. The van der Waals surface area contributed by atoms with Gasteiger partial charge in [0.25, 0.3) is 0 Å². The Hall–Kier alpha value is -3.26. The molecular weight excluding hydrogens is 389 g/mol. The molecule has 0 bridgehead atoms. The summed E-state index contributed by atoms with van der Waals surface area (Å²) in [6, 6.07) is 5.59. The number of hydrogen-bond acceptors (Lipinski definition) is 4. The second kappa shape index (κ2) is 7.63. The maximum Gasteiger partial charge on any atom is 0.244 e. The van der Waals surface area contributed by atoms with E-state index in [1.165, 1.54) is 18.2 Å². The number of imidazole rings is 2. The number of thiazole rings is 1. The van der Waals surface area contributed by atoms with Gasteiger partial charge in [0, 0.05) is 36.6 Å². The van der Waals surface area contributed by atoms with Crippen LogP contribution < -0.4 is 5.32 Å². The van der Waals surface area contributed by atoms with Gasteiger partial charge in [-0.2, -0.15) is 0 Å². The molecule has 1 aromatic carbocycles. The van der Waals surface area contributed by atoms with Gasteiger partial charge in [0.1, 0.15) is 17.7 Å². The van der Waals surface area contributed by atoms with Crippen LogP contribution in [-0.2, 0) is 11.8 Å². The number of benzene rings is 1. The van der Waals surface area contributed by atoms with E-state index in [-0.39, 0.29) is 11.7 Å². The molecule has 0 aliphatic heterocycles. The van der Waals surface area contributed by atoms with Crippen molar-refractivity contribution in [2.24, 2.45) is 7.05 Å². The van der Waals surface area contributed by atoms with E-state index in [9.17, 15) is 9.18 Å². The lowest BCUT2D eigenvalue weighted by molar-refractivity contribution is -0.117. The molecule has 1 atom stereocenters. The summed E-state index contributed by atoms with van der Waals surface area (Å²) in [5, 5.41) is 2.94. The Morgan fingerprint density at radius 2 is 2.17 bits per heavy atom. The highest BCUT2D eigenvalue weighted by Gasteiger charge is 2.20. The fourth-order valence-corrected chi connectivity index (χ4v) is 4.14. The smallest absolute Gasteiger partial charge is 0.244 e. The Balaban J connectivity index is 1.62. The molecule has 0 aliphatic carbocycles. The maximum atomic E-state index is 13.8. The van der Waals surface area contributed by atoms with Crippen molar-refractivity contribution in [1.29, 1.82) is 0 Å². The highest BCUT2D eigenvalue weighted by atomic mass is 32.1. The zero-order valence-electron chi connectivity index (χ0n) is 16.3. The predicted octanol–water partition coefficient (Wildman–Crippen LogP) is 3.80. The standard InChI is InChI=1S/C21H20FN5OS/c1-13-12-27-17(14(2)24-21(27)29-13)7-8-18(28)25-19(20-23-9-10-26(20)3)15-5-4-6-16(22)11-15/h4-12,19H,1-3H3,(H,25,28)/b8-7+. The SMILES string of the molecule is Cc1cn2c(/C=C/C(=O)NC(c3cccc(F)c3)c3nccn3C)c(C)nc2s1. The highest BCUT2D eigenvalue weighted by molar-refractivity contribution is 7.17. The summed E-state index contributed by atoms with van der Waals surface area (Å²) >= 11 is 1.60. The first kappa shape index (κ1) is 19.1. The van der Waals surface area contributed by atoms with Gasteiger partial charge in [0.15, 0.2) is 4.96 Å². The number of rotatable bonds is 5. The molecule has 1 unspecified atom stereocenters. The van der Waals surface area contributed by atoms with Crippen LogP contribution in [0.4, 0.5) is 4.39 Å². The average molecular weight is 409 g/mol. The molecule has 0 aliphatic rings. The predicted molar refractivity (Wildman–Crippen MR) is 111 cm³/mol. The van der Waals surface area contributed by atoms with E-state index in [0.717, 1.165) is 21.2 Å². The van der Waals surface area contributed by atoms with E-state index in [1.54, 1.807) is 46.5 Å². The third kappa shape index (κ3) is 3.84. The van der Waals surface area contributed by atoms with E-state index in [2.05, 4.69) is 15.3 Å². The normalized spacial score (nSPS) is 12.7. The lowest BCUT2D eigenvalue weighted by Crippen LogP contribution is -2.29. The third-order valence-corrected chi connectivity index (χ3v) is 5.54. The molecule has 0 radical (unpaired) electrons. The van der Waals surface area contributed by atoms with Crippen molar-refractivity contribution in [3.05, 3.63) is 82.4 Å². The first-order valence-electron chi connectivity index (χ1n) is 9.08. The Morgan fingerprint density at radius 1 is 1.34 bits per heavy atom. The van der Waals surface area contributed by atoms with Crippen molar-refractivity contribution >= 4 is 28.3 Å². The third-order valence-electron chi connectivity index (χ3n) is 4.64. The largest absolute Gasteiger partial charge is 0.339 e. The van der Waals surface area contributed by atoms with Gasteiger partial charge in [-0.05, 0) is 37.6 Å². The lowest BCUT2D eigenvalue weighted by Gasteiger charge is -2.18. The summed E-state index contributed by atoms with van der Waals surface area (Å²) in [6.07, 6.45) is 8.65. The van der Waals surface area contributed by atoms with Gasteiger partial charge in [-0.3, -0.25) is 9.20 Å². The maximum absolute atomic E-state index is 13.8. The monoisotopic (exact) mass is 409 g/mol. The Bertz CT molecular complexity index is 1220. The Kier molecular flexibility index (Phi) is 5.02. The van der Waals surface area contributed by atoms with Gasteiger partial charge in [0.2, 0.25) is 5.91 Å². The van der Waals surface area contributed by atoms with Crippen LogP contribution in [0.15, 0.2) is 48.9 Å². The summed E-state index contributed by atoms with van der Waals surface area (Å²) in [5.41, 5.74) is 2.34. The quantitative estimate of drug-likeness (QED) is 0.510. The topological polar surface area (TPSA) is 64.2 Å². The first-order chi connectivity index (χ1) is 13.9. The summed E-state index contributed by atoms with van der Waals surface area (Å²) in [7, 11) is 1.84. The Morgan fingerprint density at radius 3 is 2.90 bits per heavy atom. The molecule has 29 heavy (non-hydrogen) atoms. The summed E-state index contributed by atoms with van der Waals surface area (Å²) in [6.45, 7) is 3.93. The van der Waals surface area contributed by atoms with Crippen molar-refractivity contribution in [1.82, 2.24) is 24.3 Å². The number of carbonyl (C=O) groups excluding carboxylic acids is 1. The molecular formula is C21H20FN5OS.